The number of sulfone groups is 1. The van der Waals surface area contributed by atoms with Crippen LogP contribution in [0.2, 0.25) is 0 Å². The molecule has 0 saturated carbocycles. The molecule has 0 spiro atoms. The van der Waals surface area contributed by atoms with Gasteiger partial charge in [-0.2, -0.15) is 0 Å². The second kappa shape index (κ2) is 7.89. The van der Waals surface area contributed by atoms with E-state index in [2.05, 4.69) is 5.32 Å². The lowest BCUT2D eigenvalue weighted by Gasteiger charge is -2.07. The molecule has 0 saturated heterocycles. The molecule has 0 aromatic heterocycles. The third kappa shape index (κ3) is 5.68. The summed E-state index contributed by atoms with van der Waals surface area (Å²) in [5.74, 6) is -1.62. The molecule has 0 aliphatic carbocycles. The third-order valence-corrected chi connectivity index (χ3v) is 4.38. The lowest BCUT2D eigenvalue weighted by Crippen LogP contribution is -2.28. The van der Waals surface area contributed by atoms with E-state index in [9.17, 15) is 22.4 Å². The highest BCUT2D eigenvalue weighted by Crippen LogP contribution is 2.11. The van der Waals surface area contributed by atoms with Gasteiger partial charge in [-0.1, -0.05) is 12.1 Å². The molecule has 0 unspecified atom stereocenters. The number of carbonyl (C=O) groups is 2. The Morgan fingerprint density at radius 3 is 2.20 bits per heavy atom. The van der Waals surface area contributed by atoms with Gasteiger partial charge in [-0.05, 0) is 42.0 Å². The van der Waals surface area contributed by atoms with Crippen LogP contribution in [-0.4, -0.2) is 33.2 Å². The smallest absolute Gasteiger partial charge is 0.338 e. The molecule has 1 N–H and O–H groups in total. The molecule has 0 aliphatic rings. The van der Waals surface area contributed by atoms with Crippen LogP contribution < -0.4 is 5.32 Å². The number of carbonyl (C=O) groups excluding carboxylic acids is 2. The second-order valence-corrected chi connectivity index (χ2v) is 7.29. The summed E-state index contributed by atoms with van der Waals surface area (Å²) in [4.78, 5) is 23.6. The second-order valence-electron chi connectivity index (χ2n) is 5.28. The van der Waals surface area contributed by atoms with Gasteiger partial charge in [-0.15, -0.1) is 0 Å². The number of esters is 1. The molecule has 0 aliphatic heterocycles. The van der Waals surface area contributed by atoms with E-state index in [1.54, 1.807) is 0 Å². The molecule has 1 amide bonds. The van der Waals surface area contributed by atoms with Crippen LogP contribution in [-0.2, 0) is 25.9 Å². The summed E-state index contributed by atoms with van der Waals surface area (Å²) in [6.07, 6.45) is 1.06. The van der Waals surface area contributed by atoms with Crippen molar-refractivity contribution in [3.05, 3.63) is 65.5 Å². The first-order valence-corrected chi connectivity index (χ1v) is 9.13. The Balaban J connectivity index is 1.82. The largest absolute Gasteiger partial charge is 0.452 e. The Bertz CT molecular complexity index is 861. The van der Waals surface area contributed by atoms with Crippen molar-refractivity contribution in [2.24, 2.45) is 0 Å². The topological polar surface area (TPSA) is 89.5 Å². The average molecular weight is 365 g/mol. The lowest BCUT2D eigenvalue weighted by molar-refractivity contribution is -0.124. The highest BCUT2D eigenvalue weighted by Gasteiger charge is 2.12. The molecule has 0 radical (unpaired) electrons. The van der Waals surface area contributed by atoms with Gasteiger partial charge >= 0.3 is 5.97 Å². The van der Waals surface area contributed by atoms with E-state index in [-0.39, 0.29) is 22.8 Å². The van der Waals surface area contributed by atoms with Crippen molar-refractivity contribution in [3.8, 4) is 0 Å². The summed E-state index contributed by atoms with van der Waals surface area (Å²) >= 11 is 0. The maximum absolute atomic E-state index is 12.8. The van der Waals surface area contributed by atoms with Crippen LogP contribution in [0.1, 0.15) is 15.9 Å². The zero-order valence-electron chi connectivity index (χ0n) is 13.4. The lowest BCUT2D eigenvalue weighted by atomic mass is 10.2. The highest BCUT2D eigenvalue weighted by atomic mass is 32.2. The molecule has 2 aromatic carbocycles. The molecule has 0 fully saturated rings. The molecule has 2 rings (SSSR count). The zero-order chi connectivity index (χ0) is 18.4. The Morgan fingerprint density at radius 1 is 1.04 bits per heavy atom. The van der Waals surface area contributed by atoms with Gasteiger partial charge in [0, 0.05) is 12.8 Å². The molecule has 0 heterocycles. The van der Waals surface area contributed by atoms with E-state index in [1.807, 2.05) is 0 Å². The van der Waals surface area contributed by atoms with Crippen LogP contribution in [0.3, 0.4) is 0 Å². The van der Waals surface area contributed by atoms with Crippen molar-refractivity contribution in [2.45, 2.75) is 11.4 Å². The number of benzene rings is 2. The molecule has 8 heteroatoms. The van der Waals surface area contributed by atoms with Gasteiger partial charge in [0.15, 0.2) is 16.4 Å². The summed E-state index contributed by atoms with van der Waals surface area (Å²) in [5, 5.41) is 2.54. The van der Waals surface area contributed by atoms with E-state index >= 15 is 0 Å². The van der Waals surface area contributed by atoms with Crippen molar-refractivity contribution >= 4 is 21.7 Å². The van der Waals surface area contributed by atoms with Gasteiger partial charge in [0.25, 0.3) is 5.91 Å². The van der Waals surface area contributed by atoms with E-state index in [0.29, 0.717) is 5.56 Å². The van der Waals surface area contributed by atoms with Gasteiger partial charge in [0.2, 0.25) is 0 Å². The van der Waals surface area contributed by atoms with Crippen molar-refractivity contribution in [2.75, 3.05) is 12.9 Å². The minimum atomic E-state index is -3.35. The number of amides is 1. The Labute approximate surface area is 144 Å². The van der Waals surface area contributed by atoms with Crippen molar-refractivity contribution in [1.29, 1.82) is 0 Å². The average Bonchev–Trinajstić information content (AvgIpc) is 2.58. The SMILES string of the molecule is CS(=O)(=O)c1ccc(C(=O)OCC(=O)NCc2ccc(F)cc2)cc1. The Morgan fingerprint density at radius 2 is 1.64 bits per heavy atom. The summed E-state index contributed by atoms with van der Waals surface area (Å²) < 4.78 is 40.3. The first-order valence-electron chi connectivity index (χ1n) is 7.24. The number of rotatable bonds is 6. The number of ether oxygens (including phenoxy) is 1. The van der Waals surface area contributed by atoms with Crippen LogP contribution in [0.5, 0.6) is 0 Å². The molecule has 0 bridgehead atoms. The normalized spacial score (nSPS) is 11.0. The molecule has 6 nitrogen and oxygen atoms in total. The summed E-state index contributed by atoms with van der Waals surface area (Å²) in [6.45, 7) is -0.298. The van der Waals surface area contributed by atoms with Crippen LogP contribution >= 0.6 is 0 Å². The molecule has 132 valence electrons. The van der Waals surface area contributed by atoms with Gasteiger partial charge in [-0.25, -0.2) is 17.6 Å². The van der Waals surface area contributed by atoms with Gasteiger partial charge < -0.3 is 10.1 Å². The maximum Gasteiger partial charge on any atom is 0.338 e. The van der Waals surface area contributed by atoms with E-state index in [0.717, 1.165) is 6.26 Å². The fraction of sp³-hybridized carbons (Fsp3) is 0.176. The molecule has 25 heavy (non-hydrogen) atoms. The monoisotopic (exact) mass is 365 g/mol. The van der Waals surface area contributed by atoms with Crippen molar-refractivity contribution in [3.63, 3.8) is 0 Å². The number of hydrogen-bond donors (Lipinski definition) is 1. The van der Waals surface area contributed by atoms with E-state index in [1.165, 1.54) is 48.5 Å². The molecular formula is C17H16FNO5S. The third-order valence-electron chi connectivity index (χ3n) is 3.26. The fourth-order valence-electron chi connectivity index (χ4n) is 1.91. The minimum absolute atomic E-state index is 0.0843. The fourth-order valence-corrected chi connectivity index (χ4v) is 2.54. The van der Waals surface area contributed by atoms with Crippen LogP contribution in [0, 0.1) is 5.82 Å². The standard InChI is InChI=1S/C17H16FNO5S/c1-25(22,23)15-8-4-13(5-9-15)17(21)24-11-16(20)19-10-12-2-6-14(18)7-3-12/h2-9H,10-11H2,1H3,(H,19,20). The molecule has 0 atom stereocenters. The van der Waals surface area contributed by atoms with Crippen LogP contribution in [0.25, 0.3) is 0 Å². The quantitative estimate of drug-likeness (QED) is 0.787. The highest BCUT2D eigenvalue weighted by molar-refractivity contribution is 7.90. The van der Waals surface area contributed by atoms with Gasteiger partial charge in [0.1, 0.15) is 5.82 Å². The molecular weight excluding hydrogens is 349 g/mol. The maximum atomic E-state index is 12.8. The predicted molar refractivity (Wildman–Crippen MR) is 88.1 cm³/mol. The van der Waals surface area contributed by atoms with Crippen LogP contribution in [0.15, 0.2) is 53.4 Å². The predicted octanol–water partition coefficient (Wildman–Crippen LogP) is 1.70. The first-order chi connectivity index (χ1) is 11.8. The van der Waals surface area contributed by atoms with Crippen molar-refractivity contribution < 1.29 is 27.1 Å². The summed E-state index contributed by atoms with van der Waals surface area (Å²) in [6, 6.07) is 10.8. The van der Waals surface area contributed by atoms with E-state index < -0.39 is 28.3 Å². The van der Waals surface area contributed by atoms with Gasteiger partial charge in [0.05, 0.1) is 10.5 Å². The van der Waals surface area contributed by atoms with Gasteiger partial charge in [-0.3, -0.25) is 4.79 Å². The summed E-state index contributed by atoms with van der Waals surface area (Å²) in [5.41, 5.74) is 0.844. The summed E-state index contributed by atoms with van der Waals surface area (Å²) in [7, 11) is -3.35. The van der Waals surface area contributed by atoms with Crippen LogP contribution in [0.4, 0.5) is 4.39 Å². The molecule has 2 aromatic rings. The first kappa shape index (κ1) is 18.6. The van der Waals surface area contributed by atoms with E-state index in [4.69, 9.17) is 4.74 Å². The Kier molecular flexibility index (Phi) is 5.87. The zero-order valence-corrected chi connectivity index (χ0v) is 14.2. The number of nitrogens with one attached hydrogen (secondary N) is 1. The Hall–Kier alpha value is -2.74. The number of halogens is 1. The minimum Gasteiger partial charge on any atom is -0.452 e. The van der Waals surface area contributed by atoms with Crippen molar-refractivity contribution in [1.82, 2.24) is 5.32 Å². The number of hydrogen-bond acceptors (Lipinski definition) is 5.